The summed E-state index contributed by atoms with van der Waals surface area (Å²) in [5.41, 5.74) is -0.621. The summed E-state index contributed by atoms with van der Waals surface area (Å²) in [6.07, 6.45) is 6.38. The number of methoxy groups -OCH3 is 2. The molecule has 0 unspecified atom stereocenters. The Morgan fingerprint density at radius 3 is 2.51 bits per heavy atom. The van der Waals surface area contributed by atoms with Crippen LogP contribution < -0.4 is 4.74 Å². The Balaban J connectivity index is 1.47. The van der Waals surface area contributed by atoms with E-state index in [1.165, 1.54) is 0 Å². The fraction of sp³-hybridized carbons (Fsp3) is 0.676. The highest BCUT2D eigenvalue weighted by Crippen LogP contribution is 2.70. The average Bonchev–Trinajstić information content (AvgIpc) is 3.46. The summed E-state index contributed by atoms with van der Waals surface area (Å²) in [7, 11) is 1.95. The van der Waals surface area contributed by atoms with Crippen molar-refractivity contribution in [2.75, 3.05) is 41.0 Å². The van der Waals surface area contributed by atoms with Gasteiger partial charge >= 0.3 is 0 Å². The van der Waals surface area contributed by atoms with Crippen molar-refractivity contribution in [3.05, 3.63) is 54.6 Å². The maximum atomic E-state index is 14.5. The minimum absolute atomic E-state index is 0.0720. The molecule has 1 heterocycles. The van der Waals surface area contributed by atoms with E-state index >= 15 is 0 Å². The van der Waals surface area contributed by atoms with Gasteiger partial charge in [-0.2, -0.15) is 0 Å². The minimum Gasteiger partial charge on any atom is -0.497 e. The van der Waals surface area contributed by atoms with Crippen molar-refractivity contribution in [1.29, 1.82) is 0 Å². The van der Waals surface area contributed by atoms with E-state index in [1.807, 2.05) is 24.3 Å². The second-order valence-corrected chi connectivity index (χ2v) is 19.9. The third-order valence-electron chi connectivity index (χ3n) is 10.6. The molecule has 43 heavy (non-hydrogen) atoms. The van der Waals surface area contributed by atoms with Crippen molar-refractivity contribution < 1.29 is 38.0 Å². The molecule has 1 aliphatic heterocycles. The van der Waals surface area contributed by atoms with Gasteiger partial charge in [-0.25, -0.2) is 0 Å². The van der Waals surface area contributed by atoms with Crippen LogP contribution >= 0.6 is 0 Å². The summed E-state index contributed by atoms with van der Waals surface area (Å²) >= 11 is 0. The number of carbonyl (C=O) groups excluding carboxylic acids is 1. The number of allylic oxidation sites excluding steroid dienone is 1. The predicted octanol–water partition coefficient (Wildman–Crippen LogP) is 6.16. The molecular formula is C34H50O8Si. The molecule has 1 saturated heterocycles. The van der Waals surface area contributed by atoms with E-state index in [2.05, 4.69) is 52.2 Å². The van der Waals surface area contributed by atoms with Crippen molar-refractivity contribution in [1.82, 2.24) is 0 Å². The van der Waals surface area contributed by atoms with Crippen LogP contribution in [0.4, 0.5) is 0 Å². The zero-order valence-corrected chi connectivity index (χ0v) is 27.9. The summed E-state index contributed by atoms with van der Waals surface area (Å²) in [5.74, 6) is 0.291. The zero-order valence-electron chi connectivity index (χ0n) is 26.9. The van der Waals surface area contributed by atoms with Gasteiger partial charge < -0.3 is 33.2 Å². The first-order chi connectivity index (χ1) is 20.4. The SMILES string of the molecule is C=C[C@H]1O[C@@H](c2ccc(OC)cc2)OC[C@@]1(OCOCC[Si](C)(C)C)[C@H]1C=C[C@]23CC[C@H]([C@@H](OCOC)C(=O)[C@@H]12)C3(C)C. The van der Waals surface area contributed by atoms with Crippen molar-refractivity contribution in [2.24, 2.45) is 28.6 Å². The van der Waals surface area contributed by atoms with E-state index in [-0.39, 0.29) is 54.6 Å². The maximum Gasteiger partial charge on any atom is 0.184 e. The molecular weight excluding hydrogens is 564 g/mol. The highest BCUT2D eigenvalue weighted by atomic mass is 28.3. The van der Waals surface area contributed by atoms with Gasteiger partial charge in [-0.05, 0) is 42.4 Å². The summed E-state index contributed by atoms with van der Waals surface area (Å²) in [6, 6.07) is 8.68. The van der Waals surface area contributed by atoms with Crippen LogP contribution in [0.25, 0.3) is 0 Å². The summed E-state index contributed by atoms with van der Waals surface area (Å²) in [5, 5.41) is 0. The predicted molar refractivity (Wildman–Crippen MR) is 166 cm³/mol. The van der Waals surface area contributed by atoms with Gasteiger partial charge in [0.25, 0.3) is 0 Å². The molecule has 5 rings (SSSR count). The Morgan fingerprint density at radius 1 is 1.12 bits per heavy atom. The molecule has 2 saturated carbocycles. The van der Waals surface area contributed by atoms with E-state index < -0.39 is 32.2 Å². The van der Waals surface area contributed by atoms with Crippen LogP contribution in [0.1, 0.15) is 38.5 Å². The molecule has 8 atom stereocenters. The number of Topliss-reactive ketones (excluding diaryl/α,β-unsaturated/α-hetero) is 1. The Hall–Kier alpha value is -1.85. The normalized spacial score (nSPS) is 36.5. The zero-order chi connectivity index (χ0) is 31.0. The van der Waals surface area contributed by atoms with Crippen LogP contribution in [-0.2, 0) is 33.2 Å². The van der Waals surface area contributed by atoms with Crippen LogP contribution in [0.5, 0.6) is 5.75 Å². The van der Waals surface area contributed by atoms with E-state index in [1.54, 1.807) is 20.3 Å². The third kappa shape index (κ3) is 5.71. The van der Waals surface area contributed by atoms with Gasteiger partial charge in [-0.3, -0.25) is 4.79 Å². The van der Waals surface area contributed by atoms with Crippen LogP contribution in [0, 0.1) is 28.6 Å². The van der Waals surface area contributed by atoms with Gasteiger partial charge in [0.05, 0.1) is 13.7 Å². The van der Waals surface area contributed by atoms with Gasteiger partial charge in [0.2, 0.25) is 0 Å². The standard InChI is InChI=1S/C34H50O8Si/c1-9-27-34(41-22-38-18-19-43(6,7)8,20-39-31(42-27)23-10-12-24(37-5)13-11-23)25-14-16-33-17-15-26(32(33,2)3)30(40-21-36-4)29(35)28(25)33/h9-14,16,25-28,30-31H,1,15,17-22H2,2-8H3/t25-,26+,27+,28+,30+,31-,33-,34+/m0/s1. The number of fused-ring (bicyclic) bond motifs is 1. The molecule has 0 radical (unpaired) electrons. The Bertz CT molecular complexity index is 1180. The Morgan fingerprint density at radius 2 is 1.86 bits per heavy atom. The highest BCUT2D eigenvalue weighted by Gasteiger charge is 2.72. The number of benzene rings is 1. The molecule has 0 N–H and O–H groups in total. The summed E-state index contributed by atoms with van der Waals surface area (Å²) in [4.78, 5) is 14.5. The lowest BCUT2D eigenvalue weighted by atomic mass is 9.51. The molecule has 1 aromatic carbocycles. The van der Waals surface area contributed by atoms with Crippen molar-refractivity contribution >= 4 is 13.9 Å². The first-order valence-electron chi connectivity index (χ1n) is 15.5. The number of hydrogen-bond acceptors (Lipinski definition) is 8. The molecule has 1 aromatic rings. The molecule has 4 aliphatic rings. The largest absolute Gasteiger partial charge is 0.497 e. The van der Waals surface area contributed by atoms with Gasteiger partial charge in [-0.1, -0.05) is 63.8 Å². The molecule has 9 heteroatoms. The Kier molecular flexibility index (Phi) is 9.46. The van der Waals surface area contributed by atoms with Gasteiger partial charge in [-0.15, -0.1) is 6.58 Å². The second kappa shape index (κ2) is 12.5. The highest BCUT2D eigenvalue weighted by molar-refractivity contribution is 6.76. The lowest BCUT2D eigenvalue weighted by Crippen LogP contribution is -2.64. The third-order valence-corrected chi connectivity index (χ3v) is 12.3. The van der Waals surface area contributed by atoms with Crippen LogP contribution in [0.3, 0.4) is 0 Å². The summed E-state index contributed by atoms with van der Waals surface area (Å²) in [6.45, 7) is 16.7. The Labute approximate surface area is 258 Å². The van der Waals surface area contributed by atoms with E-state index in [0.717, 1.165) is 30.2 Å². The number of ether oxygens (including phenoxy) is 7. The number of rotatable bonds is 13. The smallest absolute Gasteiger partial charge is 0.184 e. The minimum atomic E-state index is -1.28. The molecule has 2 bridgehead atoms. The number of hydrogen-bond donors (Lipinski definition) is 0. The molecule has 1 spiro atoms. The van der Waals surface area contributed by atoms with Gasteiger partial charge in [0.15, 0.2) is 12.1 Å². The van der Waals surface area contributed by atoms with Crippen molar-refractivity contribution in [2.45, 2.75) is 76.5 Å². The van der Waals surface area contributed by atoms with Crippen molar-refractivity contribution in [3.8, 4) is 5.75 Å². The van der Waals surface area contributed by atoms with E-state index in [4.69, 9.17) is 33.2 Å². The number of ketones is 1. The average molecular weight is 615 g/mol. The fourth-order valence-electron chi connectivity index (χ4n) is 8.07. The lowest BCUT2D eigenvalue weighted by Gasteiger charge is -2.55. The van der Waals surface area contributed by atoms with Gasteiger partial charge in [0.1, 0.15) is 37.1 Å². The first-order valence-corrected chi connectivity index (χ1v) is 19.2. The monoisotopic (exact) mass is 614 g/mol. The van der Waals surface area contributed by atoms with E-state index in [9.17, 15) is 4.79 Å². The molecule has 0 amide bonds. The fourth-order valence-corrected chi connectivity index (χ4v) is 8.83. The lowest BCUT2D eigenvalue weighted by molar-refractivity contribution is -0.321. The van der Waals surface area contributed by atoms with Crippen LogP contribution in [-0.4, -0.2) is 72.7 Å². The molecule has 3 aliphatic carbocycles. The molecule has 238 valence electrons. The molecule has 0 aromatic heterocycles. The molecule has 8 nitrogen and oxygen atoms in total. The molecule has 3 fully saturated rings. The van der Waals surface area contributed by atoms with Crippen LogP contribution in [0.15, 0.2) is 49.1 Å². The second-order valence-electron chi connectivity index (χ2n) is 14.3. The maximum absolute atomic E-state index is 14.5. The van der Waals surface area contributed by atoms with Crippen LogP contribution in [0.2, 0.25) is 25.7 Å². The topological polar surface area (TPSA) is 81.7 Å². The van der Waals surface area contributed by atoms with Crippen molar-refractivity contribution in [3.63, 3.8) is 0 Å². The number of carbonyl (C=O) groups is 1. The van der Waals surface area contributed by atoms with E-state index in [0.29, 0.717) is 6.61 Å². The summed E-state index contributed by atoms with van der Waals surface area (Å²) < 4.78 is 42.6. The quantitative estimate of drug-likeness (QED) is 0.113. The van der Waals surface area contributed by atoms with Gasteiger partial charge in [0, 0.05) is 44.6 Å². The first kappa shape index (κ1) is 32.5.